The molecule has 5 rings (SSSR count). The molecule has 0 saturated heterocycles. The topological polar surface area (TPSA) is 106 Å². The third kappa shape index (κ3) is 4.08. The molecule has 0 bridgehead atoms. The molecule has 9 nitrogen and oxygen atoms in total. The first-order valence-electron chi connectivity index (χ1n) is 12.3. The second kappa shape index (κ2) is 9.29. The van der Waals surface area contributed by atoms with Crippen LogP contribution in [0.2, 0.25) is 0 Å². The molecule has 1 saturated carbocycles. The molecule has 188 valence electrons. The van der Waals surface area contributed by atoms with Gasteiger partial charge in [-0.25, -0.2) is 0 Å². The molecule has 2 N–H and O–H groups in total. The van der Waals surface area contributed by atoms with Gasteiger partial charge in [0.15, 0.2) is 0 Å². The van der Waals surface area contributed by atoms with Gasteiger partial charge in [0.25, 0.3) is 5.91 Å². The Hall–Kier alpha value is -3.88. The Morgan fingerprint density at radius 2 is 2.00 bits per heavy atom. The zero-order valence-corrected chi connectivity index (χ0v) is 20.8. The molecule has 1 aromatic carbocycles. The maximum Gasteiger partial charge on any atom is 0.273 e. The van der Waals surface area contributed by atoms with E-state index in [1.807, 2.05) is 35.8 Å². The number of carbonyl (C=O) groups is 3. The van der Waals surface area contributed by atoms with Gasteiger partial charge in [-0.1, -0.05) is 18.9 Å². The first kappa shape index (κ1) is 23.8. The number of nitrogens with zero attached hydrogens (tertiary/aromatic N) is 3. The zero-order valence-electron chi connectivity index (χ0n) is 20.8. The minimum absolute atomic E-state index is 0.117. The number of anilines is 1. The first-order valence-corrected chi connectivity index (χ1v) is 12.3. The van der Waals surface area contributed by atoms with Crippen LogP contribution in [0, 0.1) is 0 Å². The summed E-state index contributed by atoms with van der Waals surface area (Å²) in [4.78, 5) is 46.0. The number of nitrogens with one attached hydrogen (secondary N) is 2. The number of benzene rings is 1. The molecule has 2 aromatic heterocycles. The van der Waals surface area contributed by atoms with Crippen LogP contribution >= 0.6 is 0 Å². The number of pyridine rings is 1. The van der Waals surface area contributed by atoms with Crippen LogP contribution in [0.25, 0.3) is 10.9 Å². The van der Waals surface area contributed by atoms with Crippen molar-refractivity contribution in [2.75, 3.05) is 12.4 Å². The van der Waals surface area contributed by atoms with Gasteiger partial charge in [0.1, 0.15) is 17.0 Å². The fraction of sp³-hybridized carbons (Fsp3) is 0.407. The second-order valence-electron chi connectivity index (χ2n) is 9.86. The third-order valence-electron chi connectivity index (χ3n) is 7.32. The first-order chi connectivity index (χ1) is 17.3. The van der Waals surface area contributed by atoms with Crippen molar-refractivity contribution in [2.45, 2.75) is 64.2 Å². The molecule has 1 aliphatic carbocycles. The van der Waals surface area contributed by atoms with E-state index in [0.29, 0.717) is 22.5 Å². The van der Waals surface area contributed by atoms with Crippen LogP contribution < -0.4 is 15.4 Å². The normalized spacial score (nSPS) is 19.9. The Labute approximate surface area is 209 Å². The lowest BCUT2D eigenvalue weighted by atomic mass is 9.93. The van der Waals surface area contributed by atoms with Crippen LogP contribution in [0.4, 0.5) is 5.69 Å². The molecular weight excluding hydrogens is 458 g/mol. The Bertz CT molecular complexity index is 1330. The lowest BCUT2D eigenvalue weighted by Gasteiger charge is -2.44. The van der Waals surface area contributed by atoms with E-state index in [9.17, 15) is 14.4 Å². The van der Waals surface area contributed by atoms with E-state index in [-0.39, 0.29) is 36.9 Å². The number of fused-ring (bicyclic) bond motifs is 3. The molecule has 36 heavy (non-hydrogen) atoms. The number of rotatable bonds is 6. The number of methoxy groups -OCH3 is 1. The molecule has 1 aliphatic heterocycles. The van der Waals surface area contributed by atoms with E-state index in [1.54, 1.807) is 30.5 Å². The highest BCUT2D eigenvalue weighted by molar-refractivity contribution is 6.14. The number of carbonyl (C=O) groups excluding carboxylic acids is 3. The smallest absolute Gasteiger partial charge is 0.273 e. The molecule has 3 aromatic rings. The van der Waals surface area contributed by atoms with Crippen molar-refractivity contribution < 1.29 is 19.1 Å². The van der Waals surface area contributed by atoms with Crippen molar-refractivity contribution in [1.82, 2.24) is 19.8 Å². The van der Waals surface area contributed by atoms with Crippen molar-refractivity contribution in [3.63, 3.8) is 0 Å². The van der Waals surface area contributed by atoms with Crippen LogP contribution in [0.3, 0.4) is 0 Å². The molecule has 3 heterocycles. The predicted octanol–water partition coefficient (Wildman–Crippen LogP) is 3.48. The summed E-state index contributed by atoms with van der Waals surface area (Å²) < 4.78 is 7.26. The summed E-state index contributed by atoms with van der Waals surface area (Å²) in [6.07, 6.45) is 7.45. The molecule has 2 aliphatic rings. The number of amides is 3. The molecule has 1 fully saturated rings. The minimum Gasteiger partial charge on any atom is -0.497 e. The maximum absolute atomic E-state index is 14.2. The average Bonchev–Trinajstić information content (AvgIpc) is 3.48. The van der Waals surface area contributed by atoms with Gasteiger partial charge in [-0.3, -0.25) is 19.4 Å². The Balaban J connectivity index is 1.66. The monoisotopic (exact) mass is 489 g/mol. The summed E-state index contributed by atoms with van der Waals surface area (Å²) in [5.41, 5.74) is 1.20. The highest BCUT2D eigenvalue weighted by Gasteiger charge is 2.49. The Kier molecular flexibility index (Phi) is 6.15. The minimum atomic E-state index is -1.15. The Morgan fingerprint density at radius 3 is 2.67 bits per heavy atom. The van der Waals surface area contributed by atoms with Crippen molar-refractivity contribution in [3.8, 4) is 5.75 Å². The molecule has 0 radical (unpaired) electrons. The van der Waals surface area contributed by atoms with Crippen molar-refractivity contribution in [1.29, 1.82) is 0 Å². The summed E-state index contributed by atoms with van der Waals surface area (Å²) in [7, 11) is 1.57. The molecule has 3 amide bonds. The summed E-state index contributed by atoms with van der Waals surface area (Å²) in [6.45, 7) is 3.69. The highest BCUT2D eigenvalue weighted by atomic mass is 16.5. The van der Waals surface area contributed by atoms with Gasteiger partial charge in [-0.2, -0.15) is 0 Å². The average molecular weight is 490 g/mol. The van der Waals surface area contributed by atoms with Crippen molar-refractivity contribution in [2.24, 2.45) is 0 Å². The second-order valence-corrected chi connectivity index (χ2v) is 9.86. The number of ether oxygens (including phenoxy) is 1. The van der Waals surface area contributed by atoms with E-state index in [4.69, 9.17) is 4.74 Å². The third-order valence-corrected chi connectivity index (χ3v) is 7.32. The van der Waals surface area contributed by atoms with Crippen molar-refractivity contribution >= 4 is 34.3 Å². The van der Waals surface area contributed by atoms with Gasteiger partial charge in [0.2, 0.25) is 11.8 Å². The SMILES string of the molecule is COc1ccc2c(c1)c(NC(C)=O)c1n2CC(C)(C(=O)NC2CCCC2)N(Cc2cccnc2)C1=O. The van der Waals surface area contributed by atoms with E-state index < -0.39 is 5.54 Å². The zero-order chi connectivity index (χ0) is 25.4. The van der Waals surface area contributed by atoms with Crippen LogP contribution in [0.15, 0.2) is 42.7 Å². The molecule has 1 atom stereocenters. The molecular formula is C27H31N5O4. The maximum atomic E-state index is 14.2. The Morgan fingerprint density at radius 1 is 1.22 bits per heavy atom. The van der Waals surface area contributed by atoms with E-state index in [2.05, 4.69) is 15.6 Å². The van der Waals surface area contributed by atoms with E-state index in [1.165, 1.54) is 6.92 Å². The van der Waals surface area contributed by atoms with Crippen molar-refractivity contribution in [3.05, 3.63) is 54.0 Å². The number of hydrogen-bond donors (Lipinski definition) is 2. The number of hydrogen-bond acceptors (Lipinski definition) is 5. The van der Waals surface area contributed by atoms with E-state index >= 15 is 0 Å². The van der Waals surface area contributed by atoms with Gasteiger partial charge >= 0.3 is 0 Å². The fourth-order valence-electron chi connectivity index (χ4n) is 5.42. The summed E-state index contributed by atoms with van der Waals surface area (Å²) in [5, 5.41) is 6.76. The van der Waals surface area contributed by atoms with Crippen LogP contribution in [0.1, 0.15) is 55.6 Å². The summed E-state index contributed by atoms with van der Waals surface area (Å²) >= 11 is 0. The lowest BCUT2D eigenvalue weighted by Crippen LogP contribution is -2.64. The van der Waals surface area contributed by atoms with Gasteiger partial charge in [-0.15, -0.1) is 0 Å². The van der Waals surface area contributed by atoms with Gasteiger partial charge in [0.05, 0.1) is 24.9 Å². The quantitative estimate of drug-likeness (QED) is 0.552. The predicted molar refractivity (Wildman–Crippen MR) is 136 cm³/mol. The van der Waals surface area contributed by atoms with Gasteiger partial charge < -0.3 is 24.8 Å². The molecule has 9 heteroatoms. The summed E-state index contributed by atoms with van der Waals surface area (Å²) in [5.74, 6) is -0.174. The standard InChI is InChI=1S/C27H31N5O4/c1-17(33)29-23-21-13-20(36-3)10-11-22(21)31-16-27(2,26(35)30-19-8-4-5-9-19)32(25(34)24(23)31)15-18-7-6-12-28-14-18/h6-7,10-14,19H,4-5,8-9,15-16H2,1-3H3,(H,29,33)(H,30,35). The largest absolute Gasteiger partial charge is 0.497 e. The fourth-order valence-corrected chi connectivity index (χ4v) is 5.42. The lowest BCUT2D eigenvalue weighted by molar-refractivity contribution is -0.133. The number of aromatic nitrogens is 2. The highest BCUT2D eigenvalue weighted by Crippen LogP contribution is 2.40. The molecule has 1 unspecified atom stereocenters. The van der Waals surface area contributed by atoms with Gasteiger partial charge in [-0.05, 0) is 49.6 Å². The van der Waals surface area contributed by atoms with Crippen LogP contribution in [-0.2, 0) is 22.7 Å². The van der Waals surface area contributed by atoms with Crippen LogP contribution in [0.5, 0.6) is 5.75 Å². The van der Waals surface area contributed by atoms with Gasteiger partial charge in [0, 0.05) is 37.3 Å². The summed E-state index contributed by atoms with van der Waals surface area (Å²) in [6, 6.07) is 9.30. The molecule has 0 spiro atoms. The van der Waals surface area contributed by atoms with E-state index in [0.717, 1.165) is 36.8 Å². The van der Waals surface area contributed by atoms with Crippen LogP contribution in [-0.4, -0.2) is 50.9 Å².